The van der Waals surface area contributed by atoms with Gasteiger partial charge in [-0.15, -0.1) is 0 Å². The van der Waals surface area contributed by atoms with Crippen LogP contribution in [0, 0.1) is 6.57 Å². The van der Waals surface area contributed by atoms with Gasteiger partial charge in [0.2, 0.25) is 6.54 Å². The molecular weight excluding hydrogens is 607 g/mol. The standard InChI is InChI=1S/C35H36ClFN6O3/c1-21(19-41(4)5)46-35-39-29-17-27(25-11-6-9-23-10-7-13-28(36)30(23)25)26-12-8-16-45-32(26)31(29)33(40-35)42-14-15-43(34(44)22(2)37)24(20-42)18-38-3/h6-7,9-11,13,17,21,24H,2,8,12,14-16,18-20H2,1,4-5H3/t21?,24-/m0/s1. The third-order valence-electron chi connectivity index (χ3n) is 8.47. The number of anilines is 1. The van der Waals surface area contributed by atoms with Gasteiger partial charge in [-0.05, 0) is 62.5 Å². The predicted octanol–water partition coefficient (Wildman–Crippen LogP) is 6.18. The molecule has 2 atom stereocenters. The third-order valence-corrected chi connectivity index (χ3v) is 8.79. The topological polar surface area (TPSA) is 75.4 Å². The highest BCUT2D eigenvalue weighted by molar-refractivity contribution is 6.36. The largest absolute Gasteiger partial charge is 0.492 e. The molecule has 238 valence electrons. The second-order valence-corrected chi connectivity index (χ2v) is 12.5. The minimum Gasteiger partial charge on any atom is -0.492 e. The minimum atomic E-state index is -1.04. The number of hydrogen-bond donors (Lipinski definition) is 0. The first-order valence-electron chi connectivity index (χ1n) is 15.4. The Kier molecular flexibility index (Phi) is 8.98. The summed E-state index contributed by atoms with van der Waals surface area (Å²) < 4.78 is 26.7. The van der Waals surface area contributed by atoms with E-state index in [9.17, 15) is 9.18 Å². The summed E-state index contributed by atoms with van der Waals surface area (Å²) in [5.41, 5.74) is 3.67. The molecule has 3 heterocycles. The Morgan fingerprint density at radius 3 is 2.74 bits per heavy atom. The Hall–Kier alpha value is -4.46. The molecule has 6 rings (SSSR count). The lowest BCUT2D eigenvalue weighted by atomic mass is 9.89. The SMILES string of the molecule is [C-]#[N+]C[C@H]1CN(c2nc(OC(C)CN(C)C)nc3cc(-c4cccc5cccc(Cl)c45)c4c(c23)OCCC4)CCN1C(=O)C(=C)F. The van der Waals surface area contributed by atoms with E-state index in [0.29, 0.717) is 41.8 Å². The maximum atomic E-state index is 13.9. The molecule has 46 heavy (non-hydrogen) atoms. The molecule has 1 fully saturated rings. The first-order valence-corrected chi connectivity index (χ1v) is 15.8. The van der Waals surface area contributed by atoms with Gasteiger partial charge in [-0.1, -0.05) is 48.5 Å². The summed E-state index contributed by atoms with van der Waals surface area (Å²) in [7, 11) is 3.95. The fourth-order valence-electron chi connectivity index (χ4n) is 6.60. The van der Waals surface area contributed by atoms with Crippen molar-refractivity contribution in [2.45, 2.75) is 31.9 Å². The summed E-state index contributed by atoms with van der Waals surface area (Å²) in [5.74, 6) is -0.520. The Morgan fingerprint density at radius 2 is 2.00 bits per heavy atom. The highest BCUT2D eigenvalue weighted by Gasteiger charge is 2.36. The number of likely N-dealkylation sites (N-methyl/N-ethyl adjacent to an activating group) is 1. The fourth-order valence-corrected chi connectivity index (χ4v) is 6.88. The molecule has 0 saturated carbocycles. The molecule has 4 aromatic rings. The van der Waals surface area contributed by atoms with Crippen molar-refractivity contribution in [2.24, 2.45) is 0 Å². The predicted molar refractivity (Wildman–Crippen MR) is 179 cm³/mol. The van der Waals surface area contributed by atoms with E-state index in [1.54, 1.807) is 0 Å². The summed E-state index contributed by atoms with van der Waals surface area (Å²) in [6.07, 6.45) is 1.44. The molecule has 3 aromatic carbocycles. The van der Waals surface area contributed by atoms with Crippen molar-refractivity contribution in [2.75, 3.05) is 58.3 Å². The second kappa shape index (κ2) is 13.1. The molecule has 0 spiro atoms. The quantitative estimate of drug-likeness (QED) is 0.168. The molecule has 0 bridgehead atoms. The number of fused-ring (bicyclic) bond motifs is 4. The number of nitrogens with zero attached hydrogens (tertiary/aromatic N) is 6. The summed E-state index contributed by atoms with van der Waals surface area (Å²) in [6, 6.07) is 13.8. The first kappa shape index (κ1) is 31.5. The fraction of sp³-hybridized carbons (Fsp3) is 0.371. The van der Waals surface area contributed by atoms with Gasteiger partial charge in [-0.3, -0.25) is 4.79 Å². The molecule has 0 radical (unpaired) electrons. The van der Waals surface area contributed by atoms with Crippen LogP contribution >= 0.6 is 11.6 Å². The number of piperazine rings is 1. The number of hydrogen-bond acceptors (Lipinski definition) is 7. The number of carbonyl (C=O) groups excluding carboxylic acids is 1. The Bertz CT molecular complexity index is 1870. The first-order chi connectivity index (χ1) is 22.2. The Balaban J connectivity index is 1.55. The van der Waals surface area contributed by atoms with E-state index in [1.165, 1.54) is 4.90 Å². The number of carbonyl (C=O) groups is 1. The average molecular weight is 643 g/mol. The van der Waals surface area contributed by atoms with E-state index in [0.717, 1.165) is 45.7 Å². The number of aromatic nitrogens is 2. The lowest BCUT2D eigenvalue weighted by Crippen LogP contribution is -2.56. The maximum Gasteiger partial charge on any atom is 0.319 e. The van der Waals surface area contributed by atoms with Gasteiger partial charge in [0.25, 0.3) is 5.91 Å². The zero-order valence-electron chi connectivity index (χ0n) is 26.2. The summed E-state index contributed by atoms with van der Waals surface area (Å²) in [5, 5.41) is 3.41. The van der Waals surface area contributed by atoms with Crippen molar-refractivity contribution >= 4 is 45.0 Å². The van der Waals surface area contributed by atoms with Crippen LogP contribution in [0.5, 0.6) is 11.8 Å². The second-order valence-electron chi connectivity index (χ2n) is 12.1. The van der Waals surface area contributed by atoms with E-state index in [2.05, 4.69) is 35.7 Å². The Morgan fingerprint density at radius 1 is 1.22 bits per heavy atom. The molecule has 0 aliphatic carbocycles. The lowest BCUT2D eigenvalue weighted by Gasteiger charge is -2.40. The molecule has 2 aliphatic heterocycles. The van der Waals surface area contributed by atoms with Crippen LogP contribution in [0.1, 0.15) is 18.9 Å². The van der Waals surface area contributed by atoms with Crippen LogP contribution in [0.25, 0.3) is 37.6 Å². The van der Waals surface area contributed by atoms with Crippen LogP contribution in [-0.2, 0) is 11.2 Å². The molecule has 2 aliphatic rings. The van der Waals surface area contributed by atoms with Crippen LogP contribution in [0.4, 0.5) is 10.2 Å². The average Bonchev–Trinajstić information content (AvgIpc) is 3.03. The zero-order chi connectivity index (χ0) is 32.5. The molecule has 1 amide bonds. The number of ether oxygens (including phenoxy) is 2. The molecule has 11 heteroatoms. The van der Waals surface area contributed by atoms with E-state index in [-0.39, 0.29) is 31.7 Å². The molecular formula is C35H36ClFN6O3. The normalized spacial score (nSPS) is 17.0. The third kappa shape index (κ3) is 6.05. The number of amides is 1. The van der Waals surface area contributed by atoms with Gasteiger partial charge in [0.15, 0.2) is 5.83 Å². The maximum absolute atomic E-state index is 13.9. The van der Waals surface area contributed by atoms with Crippen LogP contribution in [0.2, 0.25) is 5.02 Å². The van der Waals surface area contributed by atoms with Gasteiger partial charge in [-0.25, -0.2) is 11.0 Å². The summed E-state index contributed by atoms with van der Waals surface area (Å²) >= 11 is 6.79. The van der Waals surface area contributed by atoms with Crippen molar-refractivity contribution in [1.82, 2.24) is 19.8 Å². The number of rotatable bonds is 8. The van der Waals surface area contributed by atoms with Crippen molar-refractivity contribution in [3.05, 3.63) is 76.9 Å². The van der Waals surface area contributed by atoms with Gasteiger partial charge in [0.05, 0.1) is 17.5 Å². The molecule has 1 aromatic heterocycles. The number of benzene rings is 3. The summed E-state index contributed by atoms with van der Waals surface area (Å²) in [6.45, 7) is 14.7. The van der Waals surface area contributed by atoms with Crippen molar-refractivity contribution in [1.29, 1.82) is 0 Å². The highest BCUT2D eigenvalue weighted by atomic mass is 35.5. The van der Waals surface area contributed by atoms with Crippen molar-refractivity contribution in [3.8, 4) is 22.9 Å². The summed E-state index contributed by atoms with van der Waals surface area (Å²) in [4.78, 5) is 31.5. The van der Waals surface area contributed by atoms with Gasteiger partial charge in [-0.2, -0.15) is 9.97 Å². The van der Waals surface area contributed by atoms with Crippen LogP contribution in [-0.4, -0.2) is 91.2 Å². The van der Waals surface area contributed by atoms with E-state index in [1.807, 2.05) is 49.0 Å². The van der Waals surface area contributed by atoms with Gasteiger partial charge >= 0.3 is 6.01 Å². The minimum absolute atomic E-state index is 0.0162. The molecule has 0 N–H and O–H groups in total. The molecule has 1 unspecified atom stereocenters. The zero-order valence-corrected chi connectivity index (χ0v) is 27.0. The number of halogens is 2. The van der Waals surface area contributed by atoms with Crippen LogP contribution in [0.15, 0.2) is 54.9 Å². The van der Waals surface area contributed by atoms with E-state index in [4.69, 9.17) is 37.6 Å². The highest BCUT2D eigenvalue weighted by Crippen LogP contribution is 2.46. The molecule has 1 saturated heterocycles. The monoisotopic (exact) mass is 642 g/mol. The van der Waals surface area contributed by atoms with Gasteiger partial charge < -0.3 is 29.0 Å². The smallest absolute Gasteiger partial charge is 0.319 e. The van der Waals surface area contributed by atoms with Crippen molar-refractivity contribution in [3.63, 3.8) is 0 Å². The van der Waals surface area contributed by atoms with Crippen LogP contribution in [0.3, 0.4) is 0 Å². The Labute approximate surface area is 273 Å². The van der Waals surface area contributed by atoms with Crippen LogP contribution < -0.4 is 14.4 Å². The van der Waals surface area contributed by atoms with E-state index < -0.39 is 17.8 Å². The van der Waals surface area contributed by atoms with Gasteiger partial charge in [0, 0.05) is 42.2 Å². The van der Waals surface area contributed by atoms with Crippen molar-refractivity contribution < 1.29 is 18.7 Å². The molecule has 9 nitrogen and oxygen atoms in total. The lowest BCUT2D eigenvalue weighted by molar-refractivity contribution is -0.131. The van der Waals surface area contributed by atoms with Gasteiger partial charge in [0.1, 0.15) is 23.7 Å². The van der Waals surface area contributed by atoms with E-state index >= 15 is 0 Å².